The third-order valence-electron chi connectivity index (χ3n) is 3.60. The summed E-state index contributed by atoms with van der Waals surface area (Å²) in [7, 11) is 3.20. The number of hydrogen-bond donors (Lipinski definition) is 2. The van der Waals surface area contributed by atoms with Crippen LogP contribution in [-0.2, 0) is 4.79 Å². The first-order chi connectivity index (χ1) is 12.5. The molecular weight excluding hydrogens is 332 g/mol. The molecule has 0 saturated carbocycles. The van der Waals surface area contributed by atoms with Gasteiger partial charge in [-0.15, -0.1) is 0 Å². The van der Waals surface area contributed by atoms with Gasteiger partial charge >= 0.3 is 0 Å². The van der Waals surface area contributed by atoms with Crippen molar-refractivity contribution in [3.63, 3.8) is 0 Å². The molecule has 0 fully saturated rings. The Hall–Kier alpha value is -2.89. The van der Waals surface area contributed by atoms with Gasteiger partial charge in [-0.2, -0.15) is 0 Å². The van der Waals surface area contributed by atoms with E-state index >= 15 is 0 Å². The Labute approximate surface area is 154 Å². The highest BCUT2D eigenvalue weighted by Crippen LogP contribution is 2.29. The fraction of sp³-hybridized carbons (Fsp3) is 0.350. The predicted octanol–water partition coefficient (Wildman–Crippen LogP) is 3.93. The Kier molecular flexibility index (Phi) is 7.14. The Balaban J connectivity index is 1.90. The number of methoxy groups -OCH3 is 2. The van der Waals surface area contributed by atoms with Crippen molar-refractivity contribution in [2.45, 2.75) is 26.4 Å². The second-order valence-corrected chi connectivity index (χ2v) is 5.95. The molecule has 0 unspecified atom stereocenters. The molecule has 2 rings (SSSR count). The van der Waals surface area contributed by atoms with Crippen LogP contribution in [0.1, 0.15) is 20.3 Å². The fourth-order valence-corrected chi connectivity index (χ4v) is 2.39. The summed E-state index contributed by atoms with van der Waals surface area (Å²) in [4.78, 5) is 12.2. The van der Waals surface area contributed by atoms with E-state index in [2.05, 4.69) is 10.6 Å². The first kappa shape index (κ1) is 19.4. The molecule has 0 atom stereocenters. The molecule has 26 heavy (non-hydrogen) atoms. The number of anilines is 2. The van der Waals surface area contributed by atoms with Crippen molar-refractivity contribution in [1.29, 1.82) is 0 Å². The van der Waals surface area contributed by atoms with E-state index in [4.69, 9.17) is 14.2 Å². The number of ether oxygens (including phenoxy) is 3. The van der Waals surface area contributed by atoms with Crippen LogP contribution >= 0.6 is 0 Å². The van der Waals surface area contributed by atoms with Gasteiger partial charge in [-0.3, -0.25) is 4.79 Å². The first-order valence-electron chi connectivity index (χ1n) is 8.55. The summed E-state index contributed by atoms with van der Waals surface area (Å²) < 4.78 is 16.2. The number of carbonyl (C=O) groups excluding carboxylic acids is 1. The second-order valence-electron chi connectivity index (χ2n) is 5.95. The molecule has 0 aliphatic rings. The summed E-state index contributed by atoms with van der Waals surface area (Å²) in [6.45, 7) is 4.37. The minimum atomic E-state index is -0.0928. The molecule has 0 bridgehead atoms. The molecule has 0 heterocycles. The summed E-state index contributed by atoms with van der Waals surface area (Å²) >= 11 is 0. The van der Waals surface area contributed by atoms with Gasteiger partial charge in [0.05, 0.1) is 31.7 Å². The molecule has 2 aromatic carbocycles. The molecular formula is C20H26N2O4. The monoisotopic (exact) mass is 358 g/mol. The van der Waals surface area contributed by atoms with Crippen LogP contribution in [0.3, 0.4) is 0 Å². The van der Waals surface area contributed by atoms with E-state index < -0.39 is 0 Å². The zero-order valence-corrected chi connectivity index (χ0v) is 15.7. The molecule has 6 nitrogen and oxygen atoms in total. The number of amides is 1. The lowest BCUT2D eigenvalue weighted by atomic mass is 10.2. The van der Waals surface area contributed by atoms with Gasteiger partial charge in [0.1, 0.15) is 17.2 Å². The van der Waals surface area contributed by atoms with Gasteiger partial charge in [-0.1, -0.05) is 12.1 Å². The highest BCUT2D eigenvalue weighted by atomic mass is 16.5. The van der Waals surface area contributed by atoms with Crippen molar-refractivity contribution >= 4 is 17.3 Å². The Morgan fingerprint density at radius 1 is 1.00 bits per heavy atom. The van der Waals surface area contributed by atoms with Crippen molar-refractivity contribution in [2.75, 3.05) is 31.4 Å². The molecule has 0 saturated heterocycles. The fourth-order valence-electron chi connectivity index (χ4n) is 2.39. The van der Waals surface area contributed by atoms with Crippen LogP contribution in [0.2, 0.25) is 0 Å². The van der Waals surface area contributed by atoms with Gasteiger partial charge in [-0.05, 0) is 38.1 Å². The van der Waals surface area contributed by atoms with Crippen molar-refractivity contribution in [3.05, 3.63) is 42.5 Å². The minimum absolute atomic E-state index is 0.0391. The van der Waals surface area contributed by atoms with Crippen molar-refractivity contribution in [3.8, 4) is 17.2 Å². The van der Waals surface area contributed by atoms with E-state index in [9.17, 15) is 4.79 Å². The molecule has 1 amide bonds. The van der Waals surface area contributed by atoms with Gasteiger partial charge in [-0.25, -0.2) is 0 Å². The summed E-state index contributed by atoms with van der Waals surface area (Å²) in [6.07, 6.45) is 0.350. The van der Waals surface area contributed by atoms with E-state index in [1.54, 1.807) is 20.3 Å². The molecule has 2 aromatic rings. The van der Waals surface area contributed by atoms with Crippen molar-refractivity contribution < 1.29 is 19.0 Å². The van der Waals surface area contributed by atoms with Crippen molar-refractivity contribution in [2.24, 2.45) is 0 Å². The molecule has 6 heteroatoms. The van der Waals surface area contributed by atoms with Crippen LogP contribution in [-0.4, -0.2) is 32.8 Å². The van der Waals surface area contributed by atoms with Gasteiger partial charge in [0, 0.05) is 19.0 Å². The molecule has 140 valence electrons. The molecule has 0 spiro atoms. The van der Waals surface area contributed by atoms with E-state index in [1.807, 2.05) is 50.2 Å². The standard InChI is InChI=1S/C20H26N2O4/c1-14(2)26-18-8-6-5-7-17(18)22-20(23)11-12-21-16-10-9-15(24-3)13-19(16)25-4/h5-10,13-14,21H,11-12H2,1-4H3,(H,22,23). The second kappa shape index (κ2) is 9.56. The summed E-state index contributed by atoms with van der Waals surface area (Å²) in [5.41, 5.74) is 1.48. The van der Waals surface area contributed by atoms with Gasteiger partial charge in [0.15, 0.2) is 0 Å². The SMILES string of the molecule is COc1ccc(NCCC(=O)Nc2ccccc2OC(C)C)c(OC)c1. The average Bonchev–Trinajstić information content (AvgIpc) is 2.63. The van der Waals surface area contributed by atoms with Crippen LogP contribution in [0.4, 0.5) is 11.4 Å². The summed E-state index contributed by atoms with van der Waals surface area (Å²) in [5, 5.41) is 6.10. The summed E-state index contributed by atoms with van der Waals surface area (Å²) in [6, 6.07) is 12.9. The number of rotatable bonds is 9. The molecule has 0 aliphatic carbocycles. The highest BCUT2D eigenvalue weighted by molar-refractivity contribution is 5.92. The number of carbonyl (C=O) groups is 1. The zero-order chi connectivity index (χ0) is 18.9. The molecule has 0 aromatic heterocycles. The average molecular weight is 358 g/mol. The zero-order valence-electron chi connectivity index (χ0n) is 15.7. The summed E-state index contributed by atoms with van der Waals surface area (Å²) in [5.74, 6) is 1.96. The van der Waals surface area contributed by atoms with E-state index in [0.29, 0.717) is 35.9 Å². The van der Waals surface area contributed by atoms with E-state index in [-0.39, 0.29) is 12.0 Å². The number of hydrogen-bond acceptors (Lipinski definition) is 5. The van der Waals surface area contributed by atoms with Gasteiger partial charge in [0.25, 0.3) is 0 Å². The smallest absolute Gasteiger partial charge is 0.226 e. The number of nitrogens with one attached hydrogen (secondary N) is 2. The maximum atomic E-state index is 12.2. The highest BCUT2D eigenvalue weighted by Gasteiger charge is 2.10. The van der Waals surface area contributed by atoms with E-state index in [0.717, 1.165) is 5.69 Å². The van der Waals surface area contributed by atoms with Gasteiger partial charge in [0.2, 0.25) is 5.91 Å². The lowest BCUT2D eigenvalue weighted by Crippen LogP contribution is -2.17. The van der Waals surface area contributed by atoms with Gasteiger partial charge < -0.3 is 24.8 Å². The Bertz CT molecular complexity index is 732. The van der Waals surface area contributed by atoms with Crippen LogP contribution in [0.25, 0.3) is 0 Å². The third kappa shape index (κ3) is 5.58. The van der Waals surface area contributed by atoms with Crippen LogP contribution in [0, 0.1) is 0 Å². The number of para-hydroxylation sites is 2. The predicted molar refractivity (Wildman–Crippen MR) is 103 cm³/mol. The maximum absolute atomic E-state index is 12.2. The normalized spacial score (nSPS) is 10.3. The topological polar surface area (TPSA) is 68.8 Å². The first-order valence-corrected chi connectivity index (χ1v) is 8.55. The van der Waals surface area contributed by atoms with Crippen molar-refractivity contribution in [1.82, 2.24) is 0 Å². The quantitative estimate of drug-likeness (QED) is 0.711. The van der Waals surface area contributed by atoms with Crippen LogP contribution in [0.5, 0.6) is 17.2 Å². The lowest BCUT2D eigenvalue weighted by Gasteiger charge is -2.15. The van der Waals surface area contributed by atoms with Crippen LogP contribution < -0.4 is 24.8 Å². The molecule has 0 aliphatic heterocycles. The minimum Gasteiger partial charge on any atom is -0.497 e. The molecule has 0 radical (unpaired) electrons. The third-order valence-corrected chi connectivity index (χ3v) is 3.60. The van der Waals surface area contributed by atoms with E-state index in [1.165, 1.54) is 0 Å². The maximum Gasteiger partial charge on any atom is 0.226 e. The Morgan fingerprint density at radius 3 is 2.46 bits per heavy atom. The van der Waals surface area contributed by atoms with Crippen LogP contribution in [0.15, 0.2) is 42.5 Å². The number of benzene rings is 2. The lowest BCUT2D eigenvalue weighted by molar-refractivity contribution is -0.116. The molecule has 2 N–H and O–H groups in total. The largest absolute Gasteiger partial charge is 0.497 e. The Morgan fingerprint density at radius 2 is 1.77 bits per heavy atom.